The number of ether oxygens (including phenoxy) is 2. The van der Waals surface area contributed by atoms with E-state index in [1.54, 1.807) is 6.07 Å². The Morgan fingerprint density at radius 1 is 1.71 bits per heavy atom. The number of hydrogen-bond donors (Lipinski definition) is 2. The third-order valence-corrected chi connectivity index (χ3v) is 2.61. The third-order valence-electron chi connectivity index (χ3n) is 2.61. The van der Waals surface area contributed by atoms with Gasteiger partial charge in [-0.05, 0) is 18.6 Å². The fraction of sp³-hybridized carbons (Fsp3) is 0.455. The van der Waals surface area contributed by atoms with E-state index in [1.165, 1.54) is 13.2 Å². The molecular weight excluding hydrogens is 222 g/mol. The summed E-state index contributed by atoms with van der Waals surface area (Å²) in [5.74, 6) is 0.0105. The largest absolute Gasteiger partial charge is 0.464 e. The average Bonchev–Trinajstić information content (AvgIpc) is 2.28. The van der Waals surface area contributed by atoms with Gasteiger partial charge in [-0.15, -0.1) is 0 Å². The Kier molecular flexibility index (Phi) is 3.43. The first-order valence-electron chi connectivity index (χ1n) is 5.41. The number of rotatable bonds is 4. The fourth-order valence-electron chi connectivity index (χ4n) is 1.49. The number of aromatic nitrogens is 1. The molecule has 1 aliphatic heterocycles. The second-order valence-corrected chi connectivity index (χ2v) is 3.79. The summed E-state index contributed by atoms with van der Waals surface area (Å²) in [5.41, 5.74) is 6.49. The van der Waals surface area contributed by atoms with Crippen LogP contribution in [0.1, 0.15) is 16.9 Å². The maximum absolute atomic E-state index is 11.3. The van der Waals surface area contributed by atoms with E-state index in [1.807, 2.05) is 0 Å². The van der Waals surface area contributed by atoms with Crippen LogP contribution in [-0.2, 0) is 9.47 Å². The molecule has 1 fully saturated rings. The van der Waals surface area contributed by atoms with Gasteiger partial charge >= 0.3 is 5.97 Å². The van der Waals surface area contributed by atoms with Gasteiger partial charge in [0.1, 0.15) is 5.82 Å². The van der Waals surface area contributed by atoms with Crippen LogP contribution in [0.3, 0.4) is 0 Å². The van der Waals surface area contributed by atoms with Gasteiger partial charge in [-0.3, -0.25) is 0 Å². The summed E-state index contributed by atoms with van der Waals surface area (Å²) in [7, 11) is 1.32. The standard InChI is InChI=1S/C11H15N3O3/c1-16-11(15)9-3-2-8(12)10(14-9)13-6-7-4-5-17-7/h2-3,7H,4-6,12H2,1H3,(H,13,14). The van der Waals surface area contributed by atoms with Crippen LogP contribution in [0.15, 0.2) is 12.1 Å². The lowest BCUT2D eigenvalue weighted by Crippen LogP contribution is -2.33. The third kappa shape index (κ3) is 2.65. The van der Waals surface area contributed by atoms with Gasteiger partial charge < -0.3 is 20.5 Å². The second-order valence-electron chi connectivity index (χ2n) is 3.79. The Morgan fingerprint density at radius 2 is 2.47 bits per heavy atom. The Hall–Kier alpha value is -1.82. The topological polar surface area (TPSA) is 86.5 Å². The van der Waals surface area contributed by atoms with Crippen LogP contribution in [0.2, 0.25) is 0 Å². The van der Waals surface area contributed by atoms with Gasteiger partial charge in [0.2, 0.25) is 0 Å². The number of pyridine rings is 1. The molecule has 0 aromatic carbocycles. The van der Waals surface area contributed by atoms with Crippen LogP contribution in [0.5, 0.6) is 0 Å². The number of esters is 1. The van der Waals surface area contributed by atoms with Crippen LogP contribution in [0, 0.1) is 0 Å². The summed E-state index contributed by atoms with van der Waals surface area (Å²) in [5, 5.41) is 3.07. The fourth-order valence-corrected chi connectivity index (χ4v) is 1.49. The summed E-state index contributed by atoms with van der Waals surface area (Å²) in [4.78, 5) is 15.4. The minimum absolute atomic E-state index is 0.206. The van der Waals surface area contributed by atoms with Crippen molar-refractivity contribution in [1.82, 2.24) is 4.98 Å². The average molecular weight is 237 g/mol. The second kappa shape index (κ2) is 5.01. The molecule has 0 amide bonds. The van der Waals surface area contributed by atoms with Crippen molar-refractivity contribution in [3.05, 3.63) is 17.8 Å². The first-order chi connectivity index (χ1) is 8.20. The minimum atomic E-state index is -0.479. The van der Waals surface area contributed by atoms with Crippen molar-refractivity contribution < 1.29 is 14.3 Å². The van der Waals surface area contributed by atoms with Crippen molar-refractivity contribution in [2.24, 2.45) is 0 Å². The zero-order valence-electron chi connectivity index (χ0n) is 9.60. The van der Waals surface area contributed by atoms with Crippen LogP contribution in [0.4, 0.5) is 11.5 Å². The SMILES string of the molecule is COC(=O)c1ccc(N)c(NCC2CCO2)n1. The van der Waals surface area contributed by atoms with Gasteiger partial charge in [-0.1, -0.05) is 0 Å². The smallest absolute Gasteiger partial charge is 0.356 e. The Bertz CT molecular complexity index is 418. The molecule has 0 aliphatic carbocycles. The van der Waals surface area contributed by atoms with E-state index in [0.717, 1.165) is 13.0 Å². The zero-order chi connectivity index (χ0) is 12.3. The number of carbonyl (C=O) groups excluding carboxylic acids is 1. The van der Waals surface area contributed by atoms with Crippen molar-refractivity contribution in [2.45, 2.75) is 12.5 Å². The highest BCUT2D eigenvalue weighted by Gasteiger charge is 2.18. The highest BCUT2D eigenvalue weighted by molar-refractivity contribution is 5.88. The molecule has 1 aromatic heterocycles. The number of nitrogens with two attached hydrogens (primary N) is 1. The van der Waals surface area contributed by atoms with Crippen LogP contribution >= 0.6 is 0 Å². The van der Waals surface area contributed by atoms with Gasteiger partial charge in [-0.25, -0.2) is 9.78 Å². The van der Waals surface area contributed by atoms with E-state index >= 15 is 0 Å². The van der Waals surface area contributed by atoms with Crippen molar-refractivity contribution in [3.63, 3.8) is 0 Å². The van der Waals surface area contributed by atoms with Crippen molar-refractivity contribution in [1.29, 1.82) is 0 Å². The van der Waals surface area contributed by atoms with Crippen LogP contribution in [0.25, 0.3) is 0 Å². The molecule has 1 aromatic rings. The molecule has 6 nitrogen and oxygen atoms in total. The molecule has 2 heterocycles. The number of nitrogens with one attached hydrogen (secondary N) is 1. The number of methoxy groups -OCH3 is 1. The number of anilines is 2. The lowest BCUT2D eigenvalue weighted by Gasteiger charge is -2.26. The monoisotopic (exact) mass is 237 g/mol. The van der Waals surface area contributed by atoms with E-state index in [9.17, 15) is 4.79 Å². The van der Waals surface area contributed by atoms with Crippen molar-refractivity contribution in [3.8, 4) is 0 Å². The molecule has 92 valence electrons. The molecule has 1 aliphatic rings. The van der Waals surface area contributed by atoms with Gasteiger partial charge in [0.25, 0.3) is 0 Å². The maximum Gasteiger partial charge on any atom is 0.356 e. The highest BCUT2D eigenvalue weighted by Crippen LogP contribution is 2.18. The van der Waals surface area contributed by atoms with Crippen molar-refractivity contribution >= 4 is 17.5 Å². The predicted molar refractivity (Wildman–Crippen MR) is 62.8 cm³/mol. The summed E-state index contributed by atoms with van der Waals surface area (Å²) in [6.07, 6.45) is 1.24. The van der Waals surface area contributed by atoms with Crippen LogP contribution in [-0.4, -0.2) is 37.3 Å². The van der Waals surface area contributed by atoms with Gasteiger partial charge in [-0.2, -0.15) is 0 Å². The molecule has 2 rings (SSSR count). The molecule has 1 atom stereocenters. The molecule has 1 unspecified atom stereocenters. The predicted octanol–water partition coefficient (Wildman–Crippen LogP) is 0.651. The summed E-state index contributed by atoms with van der Waals surface area (Å²) in [6.45, 7) is 1.44. The summed E-state index contributed by atoms with van der Waals surface area (Å²) < 4.78 is 9.86. The van der Waals surface area contributed by atoms with Crippen LogP contribution < -0.4 is 11.1 Å². The zero-order valence-corrected chi connectivity index (χ0v) is 9.60. The number of nitrogen functional groups attached to an aromatic ring is 1. The Labute approximate surface area is 99.1 Å². The maximum atomic E-state index is 11.3. The van der Waals surface area contributed by atoms with E-state index in [0.29, 0.717) is 18.1 Å². The minimum Gasteiger partial charge on any atom is -0.464 e. The summed E-state index contributed by atoms with van der Waals surface area (Å²) in [6, 6.07) is 3.16. The first kappa shape index (κ1) is 11.7. The molecular formula is C11H15N3O3. The molecule has 17 heavy (non-hydrogen) atoms. The lowest BCUT2D eigenvalue weighted by molar-refractivity contribution is -0.0410. The van der Waals surface area contributed by atoms with Gasteiger partial charge in [0, 0.05) is 13.2 Å². The highest BCUT2D eigenvalue weighted by atomic mass is 16.5. The van der Waals surface area contributed by atoms with E-state index in [4.69, 9.17) is 10.5 Å². The molecule has 0 saturated carbocycles. The molecule has 6 heteroatoms. The molecule has 0 radical (unpaired) electrons. The number of carbonyl (C=O) groups is 1. The number of nitrogens with zero attached hydrogens (tertiary/aromatic N) is 1. The normalized spacial score (nSPS) is 18.3. The van der Waals surface area contributed by atoms with E-state index in [2.05, 4.69) is 15.0 Å². The molecule has 0 spiro atoms. The lowest BCUT2D eigenvalue weighted by atomic mass is 10.2. The van der Waals surface area contributed by atoms with Gasteiger partial charge in [0.15, 0.2) is 5.69 Å². The van der Waals surface area contributed by atoms with E-state index < -0.39 is 5.97 Å². The van der Waals surface area contributed by atoms with E-state index in [-0.39, 0.29) is 11.8 Å². The quantitative estimate of drug-likeness (QED) is 0.748. The Balaban J connectivity index is 2.05. The first-order valence-corrected chi connectivity index (χ1v) is 5.41. The summed E-state index contributed by atoms with van der Waals surface area (Å²) >= 11 is 0. The Morgan fingerprint density at radius 3 is 3.06 bits per heavy atom. The molecule has 1 saturated heterocycles. The molecule has 3 N–H and O–H groups in total. The van der Waals surface area contributed by atoms with Gasteiger partial charge in [0.05, 0.1) is 18.9 Å². The number of hydrogen-bond acceptors (Lipinski definition) is 6. The molecule has 0 bridgehead atoms. The van der Waals surface area contributed by atoms with Crippen molar-refractivity contribution in [2.75, 3.05) is 31.3 Å².